The third-order valence-corrected chi connectivity index (χ3v) is 4.45. The molecule has 124 valence electrons. The predicted octanol–water partition coefficient (Wildman–Crippen LogP) is 2.35. The third kappa shape index (κ3) is 2.69. The number of hydrogen-bond donors (Lipinski definition) is 0. The van der Waals surface area contributed by atoms with Crippen molar-refractivity contribution in [1.29, 1.82) is 0 Å². The zero-order chi connectivity index (χ0) is 17.3. The first-order chi connectivity index (χ1) is 11.5. The number of aromatic nitrogens is 2. The minimum Gasteiger partial charge on any atom is -0.299 e. The first-order valence-electron chi connectivity index (χ1n) is 8.27. The molecule has 0 saturated heterocycles. The molecule has 3 rings (SSSR count). The molecule has 0 bridgehead atoms. The lowest BCUT2D eigenvalue weighted by Gasteiger charge is -2.21. The molecule has 1 saturated carbocycles. The molecule has 1 aromatic carbocycles. The molecule has 1 aliphatic rings. The van der Waals surface area contributed by atoms with Crippen molar-refractivity contribution in [2.24, 2.45) is 7.05 Å². The number of para-hydroxylation sites is 1. The van der Waals surface area contributed by atoms with E-state index in [1.165, 1.54) is 4.57 Å². The van der Waals surface area contributed by atoms with Gasteiger partial charge in [-0.15, -0.1) is 0 Å². The number of carbonyl (C=O) groups is 2. The average molecular weight is 324 g/mol. The molecule has 0 aliphatic heterocycles. The second kappa shape index (κ2) is 6.48. The van der Waals surface area contributed by atoms with Gasteiger partial charge < -0.3 is 0 Å². The Hall–Kier alpha value is -2.61. The maximum absolute atomic E-state index is 12.7. The monoisotopic (exact) mass is 324 g/mol. The van der Waals surface area contributed by atoms with Crippen LogP contribution in [0.3, 0.4) is 0 Å². The fourth-order valence-electron chi connectivity index (χ4n) is 3.26. The standard InChI is InChI=1S/C19H20N2O3/c1-3-4-5-7-13-8-6-9-16-18(13)20(2)19(24)21(16)15-11-10-14(22)12-17(15)23/h6,8-9,15H,3-4,10-12H2,1-2H3. The summed E-state index contributed by atoms with van der Waals surface area (Å²) >= 11 is 0. The second-order valence-corrected chi connectivity index (χ2v) is 6.17. The molecule has 1 fully saturated rings. The van der Waals surface area contributed by atoms with Crippen molar-refractivity contribution in [3.8, 4) is 11.8 Å². The quantitative estimate of drug-likeness (QED) is 0.629. The van der Waals surface area contributed by atoms with E-state index in [-0.39, 0.29) is 23.7 Å². The lowest BCUT2D eigenvalue weighted by Crippen LogP contribution is -2.34. The van der Waals surface area contributed by atoms with Gasteiger partial charge in [-0.25, -0.2) is 4.79 Å². The number of carbonyl (C=O) groups excluding carboxylic acids is 2. The number of benzene rings is 1. The van der Waals surface area contributed by atoms with Crippen LogP contribution < -0.4 is 5.69 Å². The van der Waals surface area contributed by atoms with Crippen LogP contribution in [0.25, 0.3) is 11.0 Å². The number of rotatable bonds is 2. The molecule has 1 heterocycles. The minimum atomic E-state index is -0.558. The Balaban J connectivity index is 2.17. The van der Waals surface area contributed by atoms with Crippen LogP contribution in [0, 0.1) is 11.8 Å². The number of nitrogens with zero attached hydrogens (tertiary/aromatic N) is 2. The van der Waals surface area contributed by atoms with Crippen LogP contribution >= 0.6 is 0 Å². The molecule has 24 heavy (non-hydrogen) atoms. The highest BCUT2D eigenvalue weighted by Crippen LogP contribution is 2.27. The maximum atomic E-state index is 12.7. The van der Waals surface area contributed by atoms with Crippen molar-refractivity contribution in [3.63, 3.8) is 0 Å². The van der Waals surface area contributed by atoms with E-state index < -0.39 is 6.04 Å². The summed E-state index contributed by atoms with van der Waals surface area (Å²) in [6.07, 6.45) is 2.43. The Morgan fingerprint density at radius 2 is 2.04 bits per heavy atom. The summed E-state index contributed by atoms with van der Waals surface area (Å²) in [5, 5.41) is 0. The summed E-state index contributed by atoms with van der Waals surface area (Å²) in [7, 11) is 1.70. The molecule has 1 atom stereocenters. The van der Waals surface area contributed by atoms with E-state index in [4.69, 9.17) is 0 Å². The van der Waals surface area contributed by atoms with Crippen LogP contribution in [0.4, 0.5) is 0 Å². The molecule has 2 aromatic rings. The second-order valence-electron chi connectivity index (χ2n) is 6.17. The van der Waals surface area contributed by atoms with Gasteiger partial charge in [0, 0.05) is 19.9 Å². The molecule has 0 N–H and O–H groups in total. The molecular formula is C19H20N2O3. The highest BCUT2D eigenvalue weighted by molar-refractivity contribution is 6.03. The predicted molar refractivity (Wildman–Crippen MR) is 91.9 cm³/mol. The van der Waals surface area contributed by atoms with E-state index in [0.29, 0.717) is 18.4 Å². The smallest absolute Gasteiger partial charge is 0.299 e. The summed E-state index contributed by atoms with van der Waals surface area (Å²) in [5.41, 5.74) is 2.01. The van der Waals surface area contributed by atoms with Gasteiger partial charge in [0.15, 0.2) is 5.78 Å². The van der Waals surface area contributed by atoms with Crippen LogP contribution in [0.2, 0.25) is 0 Å². The normalized spacial score (nSPS) is 17.8. The highest BCUT2D eigenvalue weighted by Gasteiger charge is 2.31. The van der Waals surface area contributed by atoms with Crippen molar-refractivity contribution in [3.05, 3.63) is 34.2 Å². The molecule has 1 aromatic heterocycles. The topological polar surface area (TPSA) is 61.1 Å². The van der Waals surface area contributed by atoms with Gasteiger partial charge in [-0.1, -0.05) is 24.8 Å². The molecule has 1 aliphatic carbocycles. The third-order valence-electron chi connectivity index (χ3n) is 4.45. The number of hydrogen-bond acceptors (Lipinski definition) is 3. The molecule has 5 heteroatoms. The van der Waals surface area contributed by atoms with Crippen LogP contribution in [0.1, 0.15) is 50.6 Å². The molecule has 5 nitrogen and oxygen atoms in total. The van der Waals surface area contributed by atoms with Crippen LogP contribution in [-0.2, 0) is 16.6 Å². The van der Waals surface area contributed by atoms with Gasteiger partial charge in [-0.05, 0) is 25.0 Å². The summed E-state index contributed by atoms with van der Waals surface area (Å²) in [6.45, 7) is 2.07. The zero-order valence-corrected chi connectivity index (χ0v) is 14.0. The lowest BCUT2D eigenvalue weighted by atomic mass is 9.92. The van der Waals surface area contributed by atoms with Crippen LogP contribution in [0.5, 0.6) is 0 Å². The molecule has 0 radical (unpaired) electrons. The number of Topliss-reactive ketones (excluding diaryl/α,β-unsaturated/α-hetero) is 2. The SMILES string of the molecule is CCCC#Cc1cccc2c1n(C)c(=O)n2C1CCC(=O)CC1=O. The summed E-state index contributed by atoms with van der Waals surface area (Å²) in [6, 6.07) is 5.02. The van der Waals surface area contributed by atoms with Gasteiger partial charge in [0.05, 0.1) is 29.1 Å². The Morgan fingerprint density at radius 3 is 2.75 bits per heavy atom. The van der Waals surface area contributed by atoms with E-state index in [9.17, 15) is 14.4 Å². The number of fused-ring (bicyclic) bond motifs is 1. The Labute approximate surface area is 140 Å². The first kappa shape index (κ1) is 16.3. The fraction of sp³-hybridized carbons (Fsp3) is 0.421. The first-order valence-corrected chi connectivity index (χ1v) is 8.27. The lowest BCUT2D eigenvalue weighted by molar-refractivity contribution is -0.132. The van der Waals surface area contributed by atoms with Crippen molar-refractivity contribution >= 4 is 22.6 Å². The zero-order valence-electron chi connectivity index (χ0n) is 14.0. The number of imidazole rings is 1. The Bertz CT molecular complexity index is 937. The van der Waals surface area contributed by atoms with E-state index >= 15 is 0 Å². The van der Waals surface area contributed by atoms with Gasteiger partial charge >= 0.3 is 5.69 Å². The van der Waals surface area contributed by atoms with Gasteiger partial charge in [0.1, 0.15) is 5.78 Å². The Kier molecular flexibility index (Phi) is 4.39. The summed E-state index contributed by atoms with van der Waals surface area (Å²) in [5.74, 6) is 6.01. The van der Waals surface area contributed by atoms with Crippen molar-refractivity contribution < 1.29 is 9.59 Å². The van der Waals surface area contributed by atoms with Gasteiger partial charge in [0.25, 0.3) is 0 Å². The molecule has 0 spiro atoms. The highest BCUT2D eigenvalue weighted by atomic mass is 16.2. The van der Waals surface area contributed by atoms with Gasteiger partial charge in [-0.3, -0.25) is 18.7 Å². The number of aryl methyl sites for hydroxylation is 1. The maximum Gasteiger partial charge on any atom is 0.329 e. The minimum absolute atomic E-state index is 0.0457. The largest absolute Gasteiger partial charge is 0.329 e. The molecular weight excluding hydrogens is 304 g/mol. The van der Waals surface area contributed by atoms with Gasteiger partial charge in [0.2, 0.25) is 0 Å². The van der Waals surface area contributed by atoms with E-state index in [2.05, 4.69) is 18.8 Å². The van der Waals surface area contributed by atoms with Crippen molar-refractivity contribution in [2.75, 3.05) is 0 Å². The molecule has 1 unspecified atom stereocenters. The average Bonchev–Trinajstić information content (AvgIpc) is 2.81. The fourth-order valence-corrected chi connectivity index (χ4v) is 3.26. The van der Waals surface area contributed by atoms with Crippen LogP contribution in [0.15, 0.2) is 23.0 Å². The van der Waals surface area contributed by atoms with E-state index in [1.54, 1.807) is 11.6 Å². The van der Waals surface area contributed by atoms with Crippen molar-refractivity contribution in [1.82, 2.24) is 9.13 Å². The molecule has 0 amide bonds. The van der Waals surface area contributed by atoms with E-state index in [1.807, 2.05) is 18.2 Å². The summed E-state index contributed by atoms with van der Waals surface area (Å²) in [4.78, 5) is 36.5. The van der Waals surface area contributed by atoms with Gasteiger partial charge in [-0.2, -0.15) is 0 Å². The number of ketones is 2. The van der Waals surface area contributed by atoms with Crippen LogP contribution in [-0.4, -0.2) is 20.7 Å². The summed E-state index contributed by atoms with van der Waals surface area (Å²) < 4.78 is 3.09. The van der Waals surface area contributed by atoms with E-state index in [0.717, 1.165) is 23.9 Å². The van der Waals surface area contributed by atoms with Crippen molar-refractivity contribution in [2.45, 2.75) is 45.1 Å². The number of unbranched alkanes of at least 4 members (excludes halogenated alkanes) is 1. The Morgan fingerprint density at radius 1 is 1.25 bits per heavy atom.